The van der Waals surface area contributed by atoms with E-state index in [9.17, 15) is 9.59 Å². The van der Waals surface area contributed by atoms with Crippen molar-refractivity contribution in [3.8, 4) is 0 Å². The summed E-state index contributed by atoms with van der Waals surface area (Å²) in [6, 6.07) is 13.3. The van der Waals surface area contributed by atoms with Gasteiger partial charge in [0, 0.05) is 30.1 Å². The number of anilines is 2. The molecule has 5 nitrogen and oxygen atoms in total. The van der Waals surface area contributed by atoms with E-state index in [1.165, 1.54) is 0 Å². The Balaban J connectivity index is 1.54. The van der Waals surface area contributed by atoms with Gasteiger partial charge in [-0.15, -0.1) is 0 Å². The lowest BCUT2D eigenvalue weighted by molar-refractivity contribution is -0.127. The molecule has 5 heteroatoms. The molecular weight excluding hydrogens is 328 g/mol. The minimum Gasteiger partial charge on any atom is -0.368 e. The summed E-state index contributed by atoms with van der Waals surface area (Å²) in [6.45, 7) is 3.29. The fraction of sp³-hybridized carbons (Fsp3) is 0.333. The van der Waals surface area contributed by atoms with Crippen LogP contribution in [0.1, 0.15) is 34.3 Å². The number of ether oxygens (including phenoxy) is 1. The van der Waals surface area contributed by atoms with Gasteiger partial charge in [-0.05, 0) is 56.0 Å². The number of rotatable bonds is 3. The Labute approximate surface area is 153 Å². The normalized spacial score (nSPS) is 18.7. The van der Waals surface area contributed by atoms with Crippen molar-refractivity contribution in [1.82, 2.24) is 0 Å². The summed E-state index contributed by atoms with van der Waals surface area (Å²) < 4.78 is 5.55. The molecule has 2 heterocycles. The fourth-order valence-electron chi connectivity index (χ4n) is 3.62. The van der Waals surface area contributed by atoms with Crippen molar-refractivity contribution in [2.45, 2.75) is 32.3 Å². The van der Waals surface area contributed by atoms with Gasteiger partial charge in [0.25, 0.3) is 11.8 Å². The van der Waals surface area contributed by atoms with Crippen LogP contribution in [0.15, 0.2) is 42.5 Å². The predicted octanol–water partition coefficient (Wildman–Crippen LogP) is 3.32. The van der Waals surface area contributed by atoms with Crippen molar-refractivity contribution in [2.24, 2.45) is 0 Å². The van der Waals surface area contributed by atoms with E-state index in [2.05, 4.69) is 5.32 Å². The van der Waals surface area contributed by atoms with Gasteiger partial charge in [0.1, 0.15) is 6.10 Å². The SMILES string of the molecule is Cc1cccc(C(=O)Nc2ccc3c(c2)N(C(=O)C2CCCO2)CC3)c1. The topological polar surface area (TPSA) is 58.6 Å². The van der Waals surface area contributed by atoms with Crippen LogP contribution in [0.5, 0.6) is 0 Å². The summed E-state index contributed by atoms with van der Waals surface area (Å²) in [4.78, 5) is 27.0. The molecular formula is C21H22N2O3. The Kier molecular flexibility index (Phi) is 4.47. The molecule has 0 spiro atoms. The van der Waals surface area contributed by atoms with E-state index in [4.69, 9.17) is 4.74 Å². The minimum absolute atomic E-state index is 0.0309. The molecule has 1 unspecified atom stereocenters. The highest BCUT2D eigenvalue weighted by atomic mass is 16.5. The maximum atomic E-state index is 12.7. The van der Waals surface area contributed by atoms with E-state index in [1.807, 2.05) is 43.3 Å². The van der Waals surface area contributed by atoms with Crippen molar-refractivity contribution in [1.29, 1.82) is 0 Å². The second kappa shape index (κ2) is 6.92. The van der Waals surface area contributed by atoms with Crippen LogP contribution in [0.4, 0.5) is 11.4 Å². The van der Waals surface area contributed by atoms with Gasteiger partial charge in [-0.2, -0.15) is 0 Å². The second-order valence-electron chi connectivity index (χ2n) is 6.91. The number of hydrogen-bond donors (Lipinski definition) is 1. The monoisotopic (exact) mass is 350 g/mol. The van der Waals surface area contributed by atoms with Crippen molar-refractivity contribution in [3.05, 3.63) is 59.2 Å². The lowest BCUT2D eigenvalue weighted by atomic mass is 10.1. The molecule has 0 aromatic heterocycles. The van der Waals surface area contributed by atoms with Crippen LogP contribution in [0.2, 0.25) is 0 Å². The zero-order chi connectivity index (χ0) is 18.1. The first-order chi connectivity index (χ1) is 12.6. The summed E-state index contributed by atoms with van der Waals surface area (Å²) in [5.41, 5.74) is 4.37. The average Bonchev–Trinajstić information content (AvgIpc) is 3.31. The van der Waals surface area contributed by atoms with Gasteiger partial charge in [-0.3, -0.25) is 9.59 Å². The molecule has 1 saturated heterocycles. The molecule has 1 N–H and O–H groups in total. The predicted molar refractivity (Wildman–Crippen MR) is 101 cm³/mol. The van der Waals surface area contributed by atoms with Gasteiger partial charge < -0.3 is 15.0 Å². The Morgan fingerprint density at radius 3 is 2.85 bits per heavy atom. The highest BCUT2D eigenvalue weighted by Crippen LogP contribution is 2.32. The fourth-order valence-corrected chi connectivity index (χ4v) is 3.62. The van der Waals surface area contributed by atoms with Crippen LogP contribution in [-0.2, 0) is 16.0 Å². The van der Waals surface area contributed by atoms with Gasteiger partial charge in [-0.1, -0.05) is 23.8 Å². The van der Waals surface area contributed by atoms with Gasteiger partial charge >= 0.3 is 0 Å². The zero-order valence-electron chi connectivity index (χ0n) is 14.8. The zero-order valence-corrected chi connectivity index (χ0v) is 14.8. The number of nitrogens with one attached hydrogen (secondary N) is 1. The highest BCUT2D eigenvalue weighted by Gasteiger charge is 2.32. The molecule has 134 valence electrons. The van der Waals surface area contributed by atoms with Crippen molar-refractivity contribution < 1.29 is 14.3 Å². The number of aryl methyl sites for hydroxylation is 1. The Morgan fingerprint density at radius 1 is 1.19 bits per heavy atom. The molecule has 0 radical (unpaired) electrons. The van der Waals surface area contributed by atoms with Crippen molar-refractivity contribution >= 4 is 23.2 Å². The smallest absolute Gasteiger partial charge is 0.256 e. The molecule has 1 atom stereocenters. The van der Waals surface area contributed by atoms with Gasteiger partial charge in [0.15, 0.2) is 0 Å². The molecule has 2 aliphatic heterocycles. The first kappa shape index (κ1) is 16.8. The first-order valence-corrected chi connectivity index (χ1v) is 9.06. The van der Waals surface area contributed by atoms with E-state index >= 15 is 0 Å². The molecule has 2 amide bonds. The Hall–Kier alpha value is -2.66. The number of hydrogen-bond acceptors (Lipinski definition) is 3. The molecule has 2 aromatic rings. The van der Waals surface area contributed by atoms with Crippen LogP contribution in [-0.4, -0.2) is 31.1 Å². The Morgan fingerprint density at radius 2 is 2.08 bits per heavy atom. The summed E-state index contributed by atoms with van der Waals surface area (Å²) in [5, 5.41) is 2.94. The number of amides is 2. The van der Waals surface area contributed by atoms with Crippen molar-refractivity contribution in [3.63, 3.8) is 0 Å². The maximum Gasteiger partial charge on any atom is 0.256 e. The molecule has 2 aliphatic rings. The van der Waals surface area contributed by atoms with E-state index in [0.717, 1.165) is 36.1 Å². The van der Waals surface area contributed by atoms with Gasteiger partial charge in [0.2, 0.25) is 0 Å². The molecule has 0 bridgehead atoms. The summed E-state index contributed by atoms with van der Waals surface area (Å²) in [6.07, 6.45) is 2.23. The number of carbonyl (C=O) groups excluding carboxylic acids is 2. The van der Waals surface area contributed by atoms with E-state index in [-0.39, 0.29) is 17.9 Å². The van der Waals surface area contributed by atoms with E-state index in [1.54, 1.807) is 11.0 Å². The number of carbonyl (C=O) groups is 2. The molecule has 4 rings (SSSR count). The van der Waals surface area contributed by atoms with Gasteiger partial charge in [-0.25, -0.2) is 0 Å². The number of nitrogens with zero attached hydrogens (tertiary/aromatic N) is 1. The minimum atomic E-state index is -0.327. The molecule has 1 fully saturated rings. The summed E-state index contributed by atoms with van der Waals surface area (Å²) >= 11 is 0. The van der Waals surface area contributed by atoms with E-state index in [0.29, 0.717) is 24.4 Å². The van der Waals surface area contributed by atoms with Crippen LogP contribution in [0.25, 0.3) is 0 Å². The second-order valence-corrected chi connectivity index (χ2v) is 6.91. The standard InChI is InChI=1S/C21H22N2O3/c1-14-4-2-5-16(12-14)20(24)22-17-8-7-15-9-10-23(18(15)13-17)21(25)19-6-3-11-26-19/h2,4-5,7-8,12-13,19H,3,6,9-11H2,1H3,(H,22,24). The number of benzene rings is 2. The quantitative estimate of drug-likeness (QED) is 0.924. The lowest BCUT2D eigenvalue weighted by Gasteiger charge is -2.21. The summed E-state index contributed by atoms with van der Waals surface area (Å²) in [5.74, 6) is -0.118. The summed E-state index contributed by atoms with van der Waals surface area (Å²) in [7, 11) is 0. The third-order valence-corrected chi connectivity index (χ3v) is 4.99. The largest absolute Gasteiger partial charge is 0.368 e. The average molecular weight is 350 g/mol. The molecule has 0 saturated carbocycles. The molecule has 26 heavy (non-hydrogen) atoms. The maximum absolute atomic E-state index is 12.7. The van der Waals surface area contributed by atoms with Crippen LogP contribution >= 0.6 is 0 Å². The van der Waals surface area contributed by atoms with Crippen LogP contribution < -0.4 is 10.2 Å². The van der Waals surface area contributed by atoms with Crippen molar-refractivity contribution in [2.75, 3.05) is 23.4 Å². The third-order valence-electron chi connectivity index (χ3n) is 4.99. The third kappa shape index (κ3) is 3.22. The highest BCUT2D eigenvalue weighted by molar-refractivity contribution is 6.05. The number of fused-ring (bicyclic) bond motifs is 1. The lowest BCUT2D eigenvalue weighted by Crippen LogP contribution is -2.37. The van der Waals surface area contributed by atoms with Crippen LogP contribution in [0.3, 0.4) is 0 Å². The Bertz CT molecular complexity index is 856. The van der Waals surface area contributed by atoms with Crippen LogP contribution in [0, 0.1) is 6.92 Å². The first-order valence-electron chi connectivity index (χ1n) is 9.06. The van der Waals surface area contributed by atoms with E-state index < -0.39 is 0 Å². The molecule has 0 aliphatic carbocycles. The molecule has 2 aromatic carbocycles. The van der Waals surface area contributed by atoms with Gasteiger partial charge in [0.05, 0.1) is 0 Å².